The number of fused-ring (bicyclic) bond motifs is 1. The second-order valence-electron chi connectivity index (χ2n) is 8.18. The quantitative estimate of drug-likeness (QED) is 0.570. The number of likely N-dealkylation sites (tertiary alicyclic amines) is 1. The molecule has 2 unspecified atom stereocenters. The van der Waals surface area contributed by atoms with E-state index in [1.807, 2.05) is 30.4 Å². The van der Waals surface area contributed by atoms with E-state index in [-0.39, 0.29) is 11.8 Å². The molecule has 2 atom stereocenters. The number of alkyl halides is 6. The number of rotatable bonds is 3. The monoisotopic (exact) mass is 539 g/mol. The van der Waals surface area contributed by atoms with E-state index >= 15 is 0 Å². The summed E-state index contributed by atoms with van der Waals surface area (Å²) in [7, 11) is 1.88. The van der Waals surface area contributed by atoms with Gasteiger partial charge in [-0.1, -0.05) is 6.07 Å². The maximum absolute atomic E-state index is 12.9. The van der Waals surface area contributed by atoms with Crippen LogP contribution in [-0.2, 0) is 28.0 Å². The van der Waals surface area contributed by atoms with Crippen LogP contribution in [0.15, 0.2) is 36.9 Å². The molecule has 2 aliphatic rings. The average Bonchev–Trinajstić information content (AvgIpc) is 3.40. The van der Waals surface area contributed by atoms with Gasteiger partial charge in [0.2, 0.25) is 5.91 Å². The first-order valence-electron chi connectivity index (χ1n) is 10.6. The molecule has 0 spiro atoms. The standard InChI is InChI=1S/C17H21N5O.2C2HF3O2/c1-20-11-15(8-19-20)22-6-4-14-10-21(12-16(14)17(22)23)9-13-3-2-5-18-7-13;2*3-2(4,5)1(6)7/h2-3,5,7-8,11,14,16H,4,6,9-10,12H2,1H3;2*(H,6,7). The minimum atomic E-state index is -5.08. The summed E-state index contributed by atoms with van der Waals surface area (Å²) in [6, 6.07) is 4.06. The van der Waals surface area contributed by atoms with E-state index in [2.05, 4.69) is 21.0 Å². The third-order valence-electron chi connectivity index (χ3n) is 5.44. The Bertz CT molecular complexity index is 1050. The van der Waals surface area contributed by atoms with Gasteiger partial charge in [0, 0.05) is 51.8 Å². The van der Waals surface area contributed by atoms with Crippen LogP contribution in [0.1, 0.15) is 12.0 Å². The Labute approximate surface area is 206 Å². The fourth-order valence-corrected chi connectivity index (χ4v) is 3.82. The summed E-state index contributed by atoms with van der Waals surface area (Å²) < 4.78 is 65.2. The molecule has 2 saturated heterocycles. The summed E-state index contributed by atoms with van der Waals surface area (Å²) in [5.41, 5.74) is 2.13. The molecule has 1 amide bonds. The molecule has 4 rings (SSSR count). The first-order valence-corrected chi connectivity index (χ1v) is 10.6. The topological polar surface area (TPSA) is 129 Å². The number of carbonyl (C=O) groups excluding carboxylic acids is 1. The smallest absolute Gasteiger partial charge is 0.475 e. The number of carboxylic acids is 2. The third kappa shape index (κ3) is 8.73. The zero-order chi connectivity index (χ0) is 28.0. The highest BCUT2D eigenvalue weighted by Crippen LogP contribution is 2.34. The lowest BCUT2D eigenvalue weighted by atomic mass is 9.88. The number of anilines is 1. The number of aliphatic carboxylic acids is 2. The highest BCUT2D eigenvalue weighted by Gasteiger charge is 2.43. The van der Waals surface area contributed by atoms with Gasteiger partial charge in [0.05, 0.1) is 17.8 Å². The lowest BCUT2D eigenvalue weighted by molar-refractivity contribution is -0.193. The molecule has 16 heteroatoms. The highest BCUT2D eigenvalue weighted by atomic mass is 19.4. The summed E-state index contributed by atoms with van der Waals surface area (Å²) in [5.74, 6) is -4.67. The van der Waals surface area contributed by atoms with Gasteiger partial charge in [-0.25, -0.2) is 9.59 Å². The molecular formula is C21H23F6N5O5. The molecule has 10 nitrogen and oxygen atoms in total. The van der Waals surface area contributed by atoms with Gasteiger partial charge < -0.3 is 15.1 Å². The Balaban J connectivity index is 0.000000286. The van der Waals surface area contributed by atoms with Gasteiger partial charge in [-0.05, 0) is 24.0 Å². The molecule has 204 valence electrons. The van der Waals surface area contributed by atoms with Crippen LogP contribution in [0.25, 0.3) is 0 Å². The molecule has 37 heavy (non-hydrogen) atoms. The Morgan fingerprint density at radius 2 is 1.65 bits per heavy atom. The van der Waals surface area contributed by atoms with Crippen molar-refractivity contribution in [2.75, 3.05) is 24.5 Å². The summed E-state index contributed by atoms with van der Waals surface area (Å²) in [6.07, 6.45) is -1.70. The minimum absolute atomic E-state index is 0.112. The zero-order valence-electron chi connectivity index (χ0n) is 19.3. The molecule has 0 saturated carbocycles. The predicted octanol–water partition coefficient (Wildman–Crippen LogP) is 2.57. The molecule has 2 aromatic rings. The van der Waals surface area contributed by atoms with E-state index in [0.29, 0.717) is 5.92 Å². The van der Waals surface area contributed by atoms with Gasteiger partial charge in [-0.15, -0.1) is 0 Å². The third-order valence-corrected chi connectivity index (χ3v) is 5.44. The van der Waals surface area contributed by atoms with Gasteiger partial charge >= 0.3 is 24.3 Å². The van der Waals surface area contributed by atoms with E-state index in [4.69, 9.17) is 19.8 Å². The molecule has 0 aliphatic carbocycles. The Morgan fingerprint density at radius 3 is 2.11 bits per heavy atom. The van der Waals surface area contributed by atoms with Crippen molar-refractivity contribution in [3.8, 4) is 0 Å². The predicted molar refractivity (Wildman–Crippen MR) is 114 cm³/mol. The molecule has 4 heterocycles. The Morgan fingerprint density at radius 1 is 1.05 bits per heavy atom. The normalized spacial score (nSPS) is 19.8. The van der Waals surface area contributed by atoms with Crippen molar-refractivity contribution in [2.24, 2.45) is 18.9 Å². The number of aromatic nitrogens is 3. The molecule has 0 bridgehead atoms. The van der Waals surface area contributed by atoms with Crippen molar-refractivity contribution in [3.05, 3.63) is 42.5 Å². The zero-order valence-corrected chi connectivity index (χ0v) is 19.3. The van der Waals surface area contributed by atoms with Crippen LogP contribution in [0.2, 0.25) is 0 Å². The number of carbonyl (C=O) groups is 3. The fourth-order valence-electron chi connectivity index (χ4n) is 3.82. The van der Waals surface area contributed by atoms with Gasteiger partial charge in [-0.3, -0.25) is 19.4 Å². The van der Waals surface area contributed by atoms with Crippen LogP contribution in [0.5, 0.6) is 0 Å². The van der Waals surface area contributed by atoms with E-state index in [0.717, 1.165) is 38.3 Å². The number of pyridine rings is 1. The molecule has 2 N–H and O–H groups in total. The summed E-state index contributed by atoms with van der Waals surface area (Å²) in [4.78, 5) is 39.1. The number of amides is 1. The fraction of sp³-hybridized carbons (Fsp3) is 0.476. The van der Waals surface area contributed by atoms with Crippen LogP contribution in [0.3, 0.4) is 0 Å². The van der Waals surface area contributed by atoms with Crippen molar-refractivity contribution in [2.45, 2.75) is 25.3 Å². The Hall–Kier alpha value is -3.69. The highest BCUT2D eigenvalue weighted by molar-refractivity contribution is 5.96. The molecule has 0 aromatic carbocycles. The average molecular weight is 539 g/mol. The second kappa shape index (κ2) is 12.0. The van der Waals surface area contributed by atoms with Crippen LogP contribution in [-0.4, -0.2) is 79.7 Å². The van der Waals surface area contributed by atoms with Crippen molar-refractivity contribution in [1.29, 1.82) is 0 Å². The van der Waals surface area contributed by atoms with Gasteiger partial charge in [-0.2, -0.15) is 31.4 Å². The number of carboxylic acid groups (broad SMARTS) is 2. The van der Waals surface area contributed by atoms with E-state index < -0.39 is 24.3 Å². The maximum atomic E-state index is 12.9. The minimum Gasteiger partial charge on any atom is -0.475 e. The van der Waals surface area contributed by atoms with Crippen molar-refractivity contribution >= 4 is 23.5 Å². The molecular weight excluding hydrogens is 516 g/mol. The van der Waals surface area contributed by atoms with Gasteiger partial charge in [0.1, 0.15) is 0 Å². The summed E-state index contributed by atoms with van der Waals surface area (Å²) >= 11 is 0. The largest absolute Gasteiger partial charge is 0.490 e. The number of hydrogen-bond donors (Lipinski definition) is 2. The van der Waals surface area contributed by atoms with Crippen molar-refractivity contribution in [3.63, 3.8) is 0 Å². The van der Waals surface area contributed by atoms with Crippen LogP contribution in [0, 0.1) is 11.8 Å². The van der Waals surface area contributed by atoms with Crippen molar-refractivity contribution in [1.82, 2.24) is 19.7 Å². The first-order chi connectivity index (χ1) is 17.1. The van der Waals surface area contributed by atoms with Crippen LogP contribution in [0.4, 0.5) is 32.0 Å². The van der Waals surface area contributed by atoms with Gasteiger partial charge in [0.25, 0.3) is 0 Å². The maximum Gasteiger partial charge on any atom is 0.490 e. The second-order valence-corrected chi connectivity index (χ2v) is 8.18. The lowest BCUT2D eigenvalue weighted by Gasteiger charge is -2.32. The Kier molecular flexibility index (Phi) is 9.61. The molecule has 2 aromatic heterocycles. The van der Waals surface area contributed by atoms with Gasteiger partial charge in [0.15, 0.2) is 0 Å². The first kappa shape index (κ1) is 29.5. The van der Waals surface area contributed by atoms with Crippen molar-refractivity contribution < 1.29 is 50.9 Å². The van der Waals surface area contributed by atoms with Crippen LogP contribution < -0.4 is 4.90 Å². The molecule has 0 radical (unpaired) electrons. The number of hydrogen-bond acceptors (Lipinski definition) is 6. The van der Waals surface area contributed by atoms with E-state index in [9.17, 15) is 31.1 Å². The number of nitrogens with zero attached hydrogens (tertiary/aromatic N) is 5. The molecule has 2 aliphatic heterocycles. The number of halogens is 6. The van der Waals surface area contributed by atoms with Crippen LogP contribution >= 0.6 is 0 Å². The van der Waals surface area contributed by atoms with E-state index in [1.54, 1.807) is 17.1 Å². The van der Waals surface area contributed by atoms with E-state index in [1.165, 1.54) is 5.56 Å². The molecule has 2 fully saturated rings. The number of piperidine rings is 1. The summed E-state index contributed by atoms with van der Waals surface area (Å²) in [5, 5.41) is 18.4. The SMILES string of the molecule is Cn1cc(N2CCC3CN(Cc4cccnc4)CC3C2=O)cn1.O=C(O)C(F)(F)F.O=C(O)C(F)(F)F. The number of aryl methyl sites for hydroxylation is 1. The summed E-state index contributed by atoms with van der Waals surface area (Å²) in [6.45, 7) is 3.52. The lowest BCUT2D eigenvalue weighted by Crippen LogP contribution is -2.45.